The van der Waals surface area contributed by atoms with Crippen molar-refractivity contribution in [2.45, 2.75) is 59.3 Å². The minimum atomic E-state index is -0.837. The molecule has 4 aromatic rings. The van der Waals surface area contributed by atoms with Crippen LogP contribution in [-0.2, 0) is 19.1 Å². The maximum atomic E-state index is 12.5. The minimum absolute atomic E-state index is 0.115. The number of methoxy groups -OCH3 is 4. The van der Waals surface area contributed by atoms with Crippen molar-refractivity contribution < 1.29 is 47.6 Å². The van der Waals surface area contributed by atoms with Crippen molar-refractivity contribution in [1.82, 2.24) is 0 Å². The molecule has 6 rings (SSSR count). The first-order valence-electron chi connectivity index (χ1n) is 20.4. The molecule has 4 amide bonds. The Morgan fingerprint density at radius 3 is 1.92 bits per heavy atom. The maximum absolute atomic E-state index is 12.5. The second-order valence-corrected chi connectivity index (χ2v) is 15.6. The number of primary amides is 2. The van der Waals surface area contributed by atoms with E-state index in [0.717, 1.165) is 47.4 Å². The smallest absolute Gasteiger partial charge is 0.404 e. The summed E-state index contributed by atoms with van der Waals surface area (Å²) in [6, 6.07) is 24.2. The zero-order valence-corrected chi connectivity index (χ0v) is 38.5. The molecule has 4 aromatic carbocycles. The molecule has 2 aliphatic heterocycles. The molecular weight excluding hydrogens is 844 g/mol. The Hall–Kier alpha value is -6.81. The topological polar surface area (TPSA) is 207 Å². The summed E-state index contributed by atoms with van der Waals surface area (Å²) in [7, 11) is 8.18. The third-order valence-electron chi connectivity index (χ3n) is 10.5. The Bertz CT molecular complexity index is 2340. The maximum Gasteiger partial charge on any atom is 0.404 e. The van der Waals surface area contributed by atoms with E-state index in [2.05, 4.69) is 17.1 Å². The lowest BCUT2D eigenvalue weighted by molar-refractivity contribution is -0.125. The van der Waals surface area contributed by atoms with E-state index in [4.69, 9.17) is 51.5 Å². The van der Waals surface area contributed by atoms with Gasteiger partial charge in [-0.2, -0.15) is 5.10 Å². The van der Waals surface area contributed by atoms with Crippen molar-refractivity contribution in [2.75, 3.05) is 58.5 Å². The van der Waals surface area contributed by atoms with Gasteiger partial charge in [-0.15, -0.1) is 5.10 Å². The van der Waals surface area contributed by atoms with E-state index >= 15 is 0 Å². The monoisotopic (exact) mass is 900 g/mol. The van der Waals surface area contributed by atoms with Gasteiger partial charge >= 0.3 is 12.2 Å². The first-order valence-corrected chi connectivity index (χ1v) is 20.8. The summed E-state index contributed by atoms with van der Waals surface area (Å²) in [6.45, 7) is 8.20. The first-order chi connectivity index (χ1) is 30.5. The average molecular weight is 901 g/mol. The molecule has 4 N–H and O–H groups in total. The van der Waals surface area contributed by atoms with Crippen LogP contribution >= 0.6 is 11.6 Å². The molecule has 0 aliphatic carbocycles. The van der Waals surface area contributed by atoms with Crippen LogP contribution in [0.15, 0.2) is 89.1 Å². The van der Waals surface area contributed by atoms with Crippen LogP contribution in [0.1, 0.15) is 76.0 Å². The predicted molar refractivity (Wildman–Crippen MR) is 248 cm³/mol. The molecule has 0 spiro atoms. The summed E-state index contributed by atoms with van der Waals surface area (Å²) in [5.74, 6) is 2.31. The van der Waals surface area contributed by atoms with Crippen molar-refractivity contribution >= 4 is 64.1 Å². The highest BCUT2D eigenvalue weighted by molar-refractivity contribution is 6.31. The number of anilines is 3. The van der Waals surface area contributed by atoms with Crippen molar-refractivity contribution in [2.24, 2.45) is 27.1 Å². The van der Waals surface area contributed by atoms with Gasteiger partial charge in [0, 0.05) is 45.9 Å². The van der Waals surface area contributed by atoms with Gasteiger partial charge in [0.25, 0.3) is 0 Å². The molecule has 64 heavy (non-hydrogen) atoms. The largest absolute Gasteiger partial charge is 0.493 e. The molecule has 0 saturated heterocycles. The van der Waals surface area contributed by atoms with E-state index in [9.17, 15) is 19.2 Å². The van der Waals surface area contributed by atoms with E-state index in [1.54, 1.807) is 58.6 Å². The number of rotatable bonds is 13. The van der Waals surface area contributed by atoms with Gasteiger partial charge in [-0.25, -0.2) is 9.59 Å². The number of nitrogens with zero attached hydrogens (tertiary/aromatic N) is 4. The SMILES string of the molecule is CCC1C(C)=NN=C(c2ccc(OC)c(OC)c2)c2cc(OC)c(OC)cc21.CCCC(C)(COC(N)=O)COC(N)=O.CN1C(=O)CC(=O)N(c2ccccc2)c2cc(Cl)ccc21. The molecule has 0 fully saturated rings. The quantitative estimate of drug-likeness (QED) is 0.122. The zero-order chi connectivity index (χ0) is 47.1. The Morgan fingerprint density at radius 1 is 0.766 bits per heavy atom. The molecule has 1 unspecified atom stereocenters. The summed E-state index contributed by atoms with van der Waals surface area (Å²) < 4.78 is 31.3. The van der Waals surface area contributed by atoms with Gasteiger partial charge in [0.05, 0.1) is 39.8 Å². The van der Waals surface area contributed by atoms with Crippen LogP contribution < -0.4 is 40.2 Å². The third kappa shape index (κ3) is 12.4. The minimum Gasteiger partial charge on any atom is -0.493 e. The van der Waals surface area contributed by atoms with Gasteiger partial charge in [-0.1, -0.05) is 57.0 Å². The standard InChI is InChI=1S/C22H26N2O4.C16H13ClN2O2.C9H18N2O4/c1-7-15-13(2)23-24-22(14-8-9-18(25-3)19(10-14)26-4)17-12-21(28-6)20(27-5)11-16(15)17;1-18-13-8-7-11(17)9-14(13)19(16(21)10-15(18)20)12-5-3-2-4-6-12;1-3-4-9(2,5-14-7(10)12)6-15-8(11)13/h8-12,15H,7H2,1-6H3;2-9H,10H2,1H3;3-6H2,1-2H3,(H2,10,12)(H2,11,13). The number of amides is 4. The van der Waals surface area contributed by atoms with Gasteiger partial charge in [0.1, 0.15) is 25.3 Å². The lowest BCUT2D eigenvalue weighted by Crippen LogP contribution is -2.33. The van der Waals surface area contributed by atoms with Crippen molar-refractivity contribution in [1.29, 1.82) is 0 Å². The molecule has 2 aliphatic rings. The Kier molecular flexibility index (Phi) is 17.9. The second kappa shape index (κ2) is 23.0. The van der Waals surface area contributed by atoms with Crippen molar-refractivity contribution in [3.63, 3.8) is 0 Å². The van der Waals surface area contributed by atoms with Crippen LogP contribution in [0.25, 0.3) is 0 Å². The molecule has 16 nitrogen and oxygen atoms in total. The zero-order valence-electron chi connectivity index (χ0n) is 37.7. The summed E-state index contributed by atoms with van der Waals surface area (Å²) in [4.78, 5) is 48.5. The van der Waals surface area contributed by atoms with Gasteiger partial charge in [0.2, 0.25) is 11.8 Å². The molecule has 17 heteroatoms. The molecular formula is C47H57ClN6O10. The number of ether oxygens (including phenoxy) is 6. The number of nitrogens with two attached hydrogens (primary N) is 2. The molecule has 0 aromatic heterocycles. The molecule has 1 atom stereocenters. The highest BCUT2D eigenvalue weighted by Crippen LogP contribution is 2.41. The average Bonchev–Trinajstić information content (AvgIpc) is 3.47. The van der Waals surface area contributed by atoms with E-state index in [1.807, 2.05) is 81.4 Å². The van der Waals surface area contributed by atoms with E-state index < -0.39 is 17.6 Å². The molecule has 342 valence electrons. The van der Waals surface area contributed by atoms with Gasteiger partial charge in [-0.05, 0) is 86.0 Å². The molecule has 0 saturated carbocycles. The number of carbonyl (C=O) groups is 4. The van der Waals surface area contributed by atoms with Crippen LogP contribution in [0.3, 0.4) is 0 Å². The number of hydrogen-bond donors (Lipinski definition) is 2. The summed E-state index contributed by atoms with van der Waals surface area (Å²) in [5.41, 5.74) is 16.0. The normalized spacial score (nSPS) is 14.3. The summed E-state index contributed by atoms with van der Waals surface area (Å²) in [5, 5.41) is 9.61. The van der Waals surface area contributed by atoms with Crippen LogP contribution in [0, 0.1) is 5.41 Å². The fourth-order valence-electron chi connectivity index (χ4n) is 7.27. The Labute approximate surface area is 379 Å². The number of carbonyl (C=O) groups excluding carboxylic acids is 4. The lowest BCUT2D eigenvalue weighted by atomic mass is 9.85. The first kappa shape index (κ1) is 49.8. The third-order valence-corrected chi connectivity index (χ3v) is 10.8. The highest BCUT2D eigenvalue weighted by atomic mass is 35.5. The van der Waals surface area contributed by atoms with Crippen molar-refractivity contribution in [3.8, 4) is 23.0 Å². The molecule has 2 heterocycles. The predicted octanol–water partition coefficient (Wildman–Crippen LogP) is 8.80. The lowest BCUT2D eigenvalue weighted by Gasteiger charge is -2.27. The Balaban J connectivity index is 0.000000222. The van der Waals surface area contributed by atoms with Gasteiger partial charge in [0.15, 0.2) is 23.0 Å². The molecule has 0 radical (unpaired) electrons. The van der Waals surface area contributed by atoms with Crippen LogP contribution in [-0.4, -0.2) is 84.1 Å². The number of halogens is 1. The molecule has 0 bridgehead atoms. The van der Waals surface area contributed by atoms with E-state index in [-0.39, 0.29) is 37.4 Å². The van der Waals surface area contributed by atoms with E-state index in [1.165, 1.54) is 4.90 Å². The number of fused-ring (bicyclic) bond motifs is 2. The fourth-order valence-corrected chi connectivity index (χ4v) is 7.44. The van der Waals surface area contributed by atoms with Crippen LogP contribution in [0.2, 0.25) is 5.02 Å². The highest BCUT2D eigenvalue weighted by Gasteiger charge is 2.31. The summed E-state index contributed by atoms with van der Waals surface area (Å²) >= 11 is 6.07. The number of para-hydroxylation sites is 1. The summed E-state index contributed by atoms with van der Waals surface area (Å²) in [6.07, 6.45) is 0.686. The fraction of sp³-hybridized carbons (Fsp3) is 0.362. The second-order valence-electron chi connectivity index (χ2n) is 15.1. The van der Waals surface area contributed by atoms with Crippen LogP contribution in [0.4, 0.5) is 26.7 Å². The van der Waals surface area contributed by atoms with Gasteiger partial charge in [-0.3, -0.25) is 14.5 Å². The Morgan fingerprint density at radius 2 is 1.36 bits per heavy atom. The van der Waals surface area contributed by atoms with Gasteiger partial charge < -0.3 is 44.8 Å². The number of hydrogen-bond acceptors (Lipinski definition) is 12. The number of benzene rings is 4. The van der Waals surface area contributed by atoms with E-state index in [0.29, 0.717) is 45.1 Å². The van der Waals surface area contributed by atoms with Crippen LogP contribution in [0.5, 0.6) is 23.0 Å². The van der Waals surface area contributed by atoms with Crippen molar-refractivity contribution in [3.05, 3.63) is 101 Å².